The summed E-state index contributed by atoms with van der Waals surface area (Å²) in [4.78, 5) is 27.3. The van der Waals surface area contributed by atoms with Crippen LogP contribution in [0, 0.1) is 5.92 Å². The number of carboxylic acid groups (broad SMARTS) is 1. The fraction of sp³-hybridized carbons (Fsp3) is 0.714. The standard InChI is InChI=1S/C14H22N2O4/c1-3-6-15(7-8-20-2)14(19)16-10-4-5-12(16)11(9-10)13(17)18/h3,10-12H,1,4-9H2,2H3,(H,17,18). The minimum absolute atomic E-state index is 0.0726. The average Bonchev–Trinajstić information content (AvgIpc) is 3.00. The number of carboxylic acids is 1. The summed E-state index contributed by atoms with van der Waals surface area (Å²) in [5.74, 6) is -1.20. The largest absolute Gasteiger partial charge is 0.481 e. The second kappa shape index (κ2) is 6.26. The maximum absolute atomic E-state index is 12.6. The van der Waals surface area contributed by atoms with Crippen LogP contribution in [0.15, 0.2) is 12.7 Å². The van der Waals surface area contributed by atoms with Gasteiger partial charge in [0.15, 0.2) is 0 Å². The van der Waals surface area contributed by atoms with Gasteiger partial charge in [-0.15, -0.1) is 6.58 Å². The molecule has 2 rings (SSSR count). The lowest BCUT2D eigenvalue weighted by Crippen LogP contribution is -2.47. The number of carbonyl (C=O) groups excluding carboxylic acids is 1. The van der Waals surface area contributed by atoms with Gasteiger partial charge in [0.25, 0.3) is 0 Å². The molecule has 2 heterocycles. The Hall–Kier alpha value is -1.56. The lowest BCUT2D eigenvalue weighted by molar-refractivity contribution is -0.142. The summed E-state index contributed by atoms with van der Waals surface area (Å²) in [5.41, 5.74) is 0. The van der Waals surface area contributed by atoms with E-state index in [9.17, 15) is 14.7 Å². The lowest BCUT2D eigenvalue weighted by atomic mass is 9.89. The van der Waals surface area contributed by atoms with E-state index in [4.69, 9.17) is 4.74 Å². The predicted octanol–water partition coefficient (Wildman–Crippen LogP) is 1.18. The maximum atomic E-state index is 12.6. The molecule has 3 unspecified atom stereocenters. The van der Waals surface area contributed by atoms with Gasteiger partial charge >= 0.3 is 12.0 Å². The molecule has 2 amide bonds. The second-order valence-corrected chi connectivity index (χ2v) is 5.40. The number of urea groups is 1. The highest BCUT2D eigenvalue weighted by atomic mass is 16.5. The minimum atomic E-state index is -0.790. The van der Waals surface area contributed by atoms with Crippen molar-refractivity contribution in [1.29, 1.82) is 0 Å². The fourth-order valence-electron chi connectivity index (χ4n) is 3.34. The van der Waals surface area contributed by atoms with Crippen molar-refractivity contribution >= 4 is 12.0 Å². The molecule has 0 radical (unpaired) electrons. The van der Waals surface area contributed by atoms with Crippen LogP contribution >= 0.6 is 0 Å². The normalized spacial score (nSPS) is 27.6. The molecule has 0 aromatic heterocycles. The van der Waals surface area contributed by atoms with Gasteiger partial charge in [-0.3, -0.25) is 4.79 Å². The van der Waals surface area contributed by atoms with E-state index in [0.29, 0.717) is 26.1 Å². The zero-order chi connectivity index (χ0) is 14.7. The third-order valence-electron chi connectivity index (χ3n) is 4.26. The molecule has 6 nitrogen and oxygen atoms in total. The number of amides is 2. The Bertz CT molecular complexity index is 399. The minimum Gasteiger partial charge on any atom is -0.481 e. The Morgan fingerprint density at radius 2 is 2.25 bits per heavy atom. The molecule has 0 aromatic carbocycles. The summed E-state index contributed by atoms with van der Waals surface area (Å²) in [6.07, 6.45) is 3.96. The number of hydrogen-bond donors (Lipinski definition) is 1. The van der Waals surface area contributed by atoms with Gasteiger partial charge in [0.2, 0.25) is 0 Å². The van der Waals surface area contributed by atoms with Gasteiger partial charge in [-0.1, -0.05) is 6.08 Å². The topological polar surface area (TPSA) is 70.1 Å². The van der Waals surface area contributed by atoms with E-state index in [-0.39, 0.29) is 18.1 Å². The molecule has 1 N–H and O–H groups in total. The van der Waals surface area contributed by atoms with E-state index < -0.39 is 11.9 Å². The van der Waals surface area contributed by atoms with Crippen molar-refractivity contribution in [3.05, 3.63) is 12.7 Å². The number of ether oxygens (including phenoxy) is 1. The molecule has 112 valence electrons. The van der Waals surface area contributed by atoms with E-state index in [1.807, 2.05) is 0 Å². The first-order valence-electron chi connectivity index (χ1n) is 7.00. The Kier molecular flexibility index (Phi) is 4.65. The van der Waals surface area contributed by atoms with Gasteiger partial charge in [-0.25, -0.2) is 4.79 Å². The molecule has 0 spiro atoms. The number of aliphatic carboxylic acids is 1. The summed E-state index contributed by atoms with van der Waals surface area (Å²) in [7, 11) is 1.59. The molecular formula is C14H22N2O4. The maximum Gasteiger partial charge on any atom is 0.320 e. The lowest BCUT2D eigenvalue weighted by Gasteiger charge is -2.30. The molecular weight excluding hydrogens is 260 g/mol. The van der Waals surface area contributed by atoms with Crippen LogP contribution in [0.4, 0.5) is 4.79 Å². The molecule has 6 heteroatoms. The van der Waals surface area contributed by atoms with Gasteiger partial charge in [-0.05, 0) is 19.3 Å². The van der Waals surface area contributed by atoms with Crippen LogP contribution < -0.4 is 0 Å². The Labute approximate surface area is 119 Å². The second-order valence-electron chi connectivity index (χ2n) is 5.40. The van der Waals surface area contributed by atoms with Crippen LogP contribution in [0.5, 0.6) is 0 Å². The van der Waals surface area contributed by atoms with Gasteiger partial charge in [0, 0.05) is 32.3 Å². The number of rotatable bonds is 6. The molecule has 0 aromatic rings. The molecule has 2 aliphatic rings. The SMILES string of the molecule is C=CCN(CCOC)C(=O)N1C2CCC1C(C(=O)O)C2. The van der Waals surface area contributed by atoms with Crippen LogP contribution in [0.2, 0.25) is 0 Å². The van der Waals surface area contributed by atoms with Crippen LogP contribution in [0.1, 0.15) is 19.3 Å². The average molecular weight is 282 g/mol. The smallest absolute Gasteiger partial charge is 0.320 e. The summed E-state index contributed by atoms with van der Waals surface area (Å²) in [6, 6.07) is -0.165. The first-order chi connectivity index (χ1) is 9.60. The molecule has 20 heavy (non-hydrogen) atoms. The number of hydrogen-bond acceptors (Lipinski definition) is 3. The third kappa shape index (κ3) is 2.65. The van der Waals surface area contributed by atoms with Gasteiger partial charge in [0.05, 0.1) is 12.5 Å². The van der Waals surface area contributed by atoms with E-state index in [1.54, 1.807) is 23.0 Å². The number of carbonyl (C=O) groups is 2. The molecule has 0 saturated carbocycles. The zero-order valence-corrected chi connectivity index (χ0v) is 11.8. The Morgan fingerprint density at radius 3 is 2.80 bits per heavy atom. The zero-order valence-electron chi connectivity index (χ0n) is 11.8. The molecule has 2 fully saturated rings. The van der Waals surface area contributed by atoms with Crippen molar-refractivity contribution in [2.45, 2.75) is 31.3 Å². The molecule has 2 saturated heterocycles. The Morgan fingerprint density at radius 1 is 1.50 bits per heavy atom. The predicted molar refractivity (Wildman–Crippen MR) is 73.4 cm³/mol. The quantitative estimate of drug-likeness (QED) is 0.743. The van der Waals surface area contributed by atoms with Crippen molar-refractivity contribution in [2.24, 2.45) is 5.92 Å². The van der Waals surface area contributed by atoms with E-state index >= 15 is 0 Å². The van der Waals surface area contributed by atoms with Gasteiger partial charge in [0.1, 0.15) is 0 Å². The first kappa shape index (κ1) is 14.8. The third-order valence-corrected chi connectivity index (χ3v) is 4.26. The number of nitrogens with zero attached hydrogens (tertiary/aromatic N) is 2. The van der Waals surface area contributed by atoms with Crippen LogP contribution in [-0.4, -0.2) is 65.8 Å². The highest BCUT2D eigenvalue weighted by Crippen LogP contribution is 2.42. The van der Waals surface area contributed by atoms with Gasteiger partial charge < -0.3 is 19.6 Å². The highest BCUT2D eigenvalue weighted by Gasteiger charge is 2.52. The van der Waals surface area contributed by atoms with Gasteiger partial charge in [-0.2, -0.15) is 0 Å². The van der Waals surface area contributed by atoms with Crippen molar-refractivity contribution in [3.63, 3.8) is 0 Å². The van der Waals surface area contributed by atoms with Crippen molar-refractivity contribution < 1.29 is 19.4 Å². The van der Waals surface area contributed by atoms with E-state index in [0.717, 1.165) is 12.8 Å². The summed E-state index contributed by atoms with van der Waals surface area (Å²) in [6.45, 7) is 5.08. The van der Waals surface area contributed by atoms with E-state index in [2.05, 4.69) is 6.58 Å². The molecule has 2 bridgehead atoms. The monoisotopic (exact) mass is 282 g/mol. The van der Waals surface area contributed by atoms with Crippen LogP contribution in [0.25, 0.3) is 0 Å². The summed E-state index contributed by atoms with van der Waals surface area (Å²) in [5, 5.41) is 9.23. The molecule has 2 aliphatic heterocycles. The fourth-order valence-corrected chi connectivity index (χ4v) is 3.34. The summed E-state index contributed by atoms with van der Waals surface area (Å²) >= 11 is 0. The van der Waals surface area contributed by atoms with Crippen molar-refractivity contribution in [2.75, 3.05) is 26.8 Å². The van der Waals surface area contributed by atoms with E-state index in [1.165, 1.54) is 0 Å². The van der Waals surface area contributed by atoms with Crippen molar-refractivity contribution in [3.8, 4) is 0 Å². The number of fused-ring (bicyclic) bond motifs is 2. The highest BCUT2D eigenvalue weighted by molar-refractivity contribution is 5.79. The Balaban J connectivity index is 2.07. The van der Waals surface area contributed by atoms with Crippen molar-refractivity contribution in [1.82, 2.24) is 9.80 Å². The molecule has 3 atom stereocenters. The van der Waals surface area contributed by atoms with Crippen LogP contribution in [-0.2, 0) is 9.53 Å². The van der Waals surface area contributed by atoms with Crippen LogP contribution in [0.3, 0.4) is 0 Å². The number of methoxy groups -OCH3 is 1. The summed E-state index contributed by atoms with van der Waals surface area (Å²) < 4.78 is 5.02. The molecule has 0 aliphatic carbocycles. The first-order valence-corrected chi connectivity index (χ1v) is 7.00.